The second-order valence-corrected chi connectivity index (χ2v) is 5.39. The number of ether oxygens (including phenoxy) is 1. The van der Waals surface area contributed by atoms with E-state index in [1.807, 2.05) is 6.07 Å². The van der Waals surface area contributed by atoms with Gasteiger partial charge in [-0.3, -0.25) is 4.90 Å². The highest BCUT2D eigenvalue weighted by molar-refractivity contribution is 5.28. The number of benzene rings is 1. The summed E-state index contributed by atoms with van der Waals surface area (Å²) in [6, 6.07) is 8.86. The molecule has 0 spiro atoms. The Bertz CT molecular complexity index is 366. The first-order valence-corrected chi connectivity index (χ1v) is 7.12. The van der Waals surface area contributed by atoms with Crippen molar-refractivity contribution in [1.82, 2.24) is 10.2 Å². The van der Waals surface area contributed by atoms with E-state index in [9.17, 15) is 0 Å². The molecule has 1 N–H and O–H groups in total. The minimum atomic E-state index is 0.547. The molecular formula is C16H28N2O. The van der Waals surface area contributed by atoms with E-state index in [0.717, 1.165) is 25.4 Å². The number of hydrogen-bond acceptors (Lipinski definition) is 3. The average molecular weight is 264 g/mol. The first kappa shape index (κ1) is 16.0. The molecule has 0 saturated carbocycles. The second kappa shape index (κ2) is 8.18. The maximum absolute atomic E-state index is 5.28. The van der Waals surface area contributed by atoms with Gasteiger partial charge < -0.3 is 10.1 Å². The molecule has 0 bridgehead atoms. The van der Waals surface area contributed by atoms with Crippen LogP contribution in [0.2, 0.25) is 0 Å². The van der Waals surface area contributed by atoms with Gasteiger partial charge in [0.25, 0.3) is 0 Å². The zero-order valence-electron chi connectivity index (χ0n) is 12.9. The summed E-state index contributed by atoms with van der Waals surface area (Å²) in [5.41, 5.74) is 1.30. The summed E-state index contributed by atoms with van der Waals surface area (Å²) in [4.78, 5) is 2.42. The number of likely N-dealkylation sites (N-methyl/N-ethyl adjacent to an activating group) is 2. The number of nitrogens with zero attached hydrogens (tertiary/aromatic N) is 1. The van der Waals surface area contributed by atoms with E-state index in [-0.39, 0.29) is 0 Å². The summed E-state index contributed by atoms with van der Waals surface area (Å²) >= 11 is 0. The Morgan fingerprint density at radius 1 is 1.32 bits per heavy atom. The van der Waals surface area contributed by atoms with Crippen molar-refractivity contribution >= 4 is 0 Å². The molecule has 19 heavy (non-hydrogen) atoms. The second-order valence-electron chi connectivity index (χ2n) is 5.39. The lowest BCUT2D eigenvalue weighted by molar-refractivity contribution is 0.180. The summed E-state index contributed by atoms with van der Waals surface area (Å²) in [6.07, 6.45) is 0. The van der Waals surface area contributed by atoms with Crippen LogP contribution in [0.25, 0.3) is 0 Å². The van der Waals surface area contributed by atoms with Crippen molar-refractivity contribution < 1.29 is 4.74 Å². The Morgan fingerprint density at radius 2 is 2.05 bits per heavy atom. The smallest absolute Gasteiger partial charge is 0.119 e. The van der Waals surface area contributed by atoms with Crippen LogP contribution >= 0.6 is 0 Å². The monoisotopic (exact) mass is 264 g/mol. The molecular weight excluding hydrogens is 236 g/mol. The Kier molecular flexibility index (Phi) is 6.89. The Hall–Kier alpha value is -1.06. The number of rotatable bonds is 8. The van der Waals surface area contributed by atoms with E-state index in [0.29, 0.717) is 12.0 Å². The molecule has 0 aliphatic rings. The fourth-order valence-electron chi connectivity index (χ4n) is 2.37. The van der Waals surface area contributed by atoms with Gasteiger partial charge in [-0.15, -0.1) is 0 Å². The van der Waals surface area contributed by atoms with Crippen LogP contribution < -0.4 is 10.1 Å². The van der Waals surface area contributed by atoms with E-state index in [2.05, 4.69) is 56.2 Å². The van der Waals surface area contributed by atoms with Crippen LogP contribution in [0.5, 0.6) is 5.75 Å². The predicted molar refractivity (Wildman–Crippen MR) is 81.6 cm³/mol. The van der Waals surface area contributed by atoms with Gasteiger partial charge in [-0.25, -0.2) is 0 Å². The summed E-state index contributed by atoms with van der Waals surface area (Å²) in [5.74, 6) is 1.56. The van der Waals surface area contributed by atoms with Crippen molar-refractivity contribution in [1.29, 1.82) is 0 Å². The molecule has 0 amide bonds. The zero-order chi connectivity index (χ0) is 14.3. The average Bonchev–Trinajstić information content (AvgIpc) is 2.39. The molecule has 1 aromatic rings. The normalized spacial score (nSPS) is 13.0. The molecule has 0 aliphatic carbocycles. The molecule has 3 heteroatoms. The SMILES string of the molecule is CCNCC(C(C)C)N(C)Cc1cccc(OC)c1. The molecule has 0 aliphatic heterocycles. The van der Waals surface area contributed by atoms with E-state index < -0.39 is 0 Å². The van der Waals surface area contributed by atoms with Gasteiger partial charge in [0.1, 0.15) is 5.75 Å². The summed E-state index contributed by atoms with van der Waals surface area (Å²) in [5, 5.41) is 3.45. The fourth-order valence-corrected chi connectivity index (χ4v) is 2.37. The van der Waals surface area contributed by atoms with Gasteiger partial charge in [0, 0.05) is 19.1 Å². The van der Waals surface area contributed by atoms with Crippen LogP contribution in [0.15, 0.2) is 24.3 Å². The lowest BCUT2D eigenvalue weighted by Crippen LogP contribution is -2.43. The van der Waals surface area contributed by atoms with Crippen LogP contribution in [0.4, 0.5) is 0 Å². The summed E-state index contributed by atoms with van der Waals surface area (Å²) < 4.78 is 5.28. The van der Waals surface area contributed by atoms with Crippen molar-refractivity contribution in [3.05, 3.63) is 29.8 Å². The minimum absolute atomic E-state index is 0.547. The number of hydrogen-bond donors (Lipinski definition) is 1. The largest absolute Gasteiger partial charge is 0.497 e. The van der Waals surface area contributed by atoms with Crippen LogP contribution in [0, 0.1) is 5.92 Å². The number of methoxy groups -OCH3 is 1. The fraction of sp³-hybridized carbons (Fsp3) is 0.625. The van der Waals surface area contributed by atoms with Crippen molar-refractivity contribution in [2.24, 2.45) is 5.92 Å². The molecule has 1 unspecified atom stereocenters. The van der Waals surface area contributed by atoms with Crippen molar-refractivity contribution in [2.75, 3.05) is 27.2 Å². The van der Waals surface area contributed by atoms with Gasteiger partial charge in [-0.2, -0.15) is 0 Å². The zero-order valence-corrected chi connectivity index (χ0v) is 12.9. The highest BCUT2D eigenvalue weighted by Crippen LogP contribution is 2.16. The predicted octanol–water partition coefficient (Wildman–Crippen LogP) is 2.76. The third-order valence-corrected chi connectivity index (χ3v) is 3.51. The van der Waals surface area contributed by atoms with Gasteiger partial charge in [-0.05, 0) is 37.2 Å². The molecule has 0 radical (unpaired) electrons. The maximum atomic E-state index is 5.28. The molecule has 0 heterocycles. The maximum Gasteiger partial charge on any atom is 0.119 e. The van der Waals surface area contributed by atoms with Crippen LogP contribution in [-0.2, 0) is 6.54 Å². The van der Waals surface area contributed by atoms with E-state index >= 15 is 0 Å². The van der Waals surface area contributed by atoms with Gasteiger partial charge in [0.05, 0.1) is 7.11 Å². The molecule has 3 nitrogen and oxygen atoms in total. The lowest BCUT2D eigenvalue weighted by atomic mass is 10.0. The van der Waals surface area contributed by atoms with Crippen molar-refractivity contribution in [2.45, 2.75) is 33.4 Å². The lowest BCUT2D eigenvalue weighted by Gasteiger charge is -2.31. The van der Waals surface area contributed by atoms with E-state index in [1.54, 1.807) is 7.11 Å². The molecule has 0 aromatic heterocycles. The summed E-state index contributed by atoms with van der Waals surface area (Å²) in [6.45, 7) is 9.73. The molecule has 108 valence electrons. The Labute approximate surface area is 118 Å². The van der Waals surface area contributed by atoms with Crippen molar-refractivity contribution in [3.8, 4) is 5.75 Å². The Morgan fingerprint density at radius 3 is 2.63 bits per heavy atom. The van der Waals surface area contributed by atoms with Crippen molar-refractivity contribution in [3.63, 3.8) is 0 Å². The third kappa shape index (κ3) is 5.21. The minimum Gasteiger partial charge on any atom is -0.497 e. The molecule has 0 fully saturated rings. The standard InChI is InChI=1S/C16H28N2O/c1-6-17-11-16(13(2)3)18(4)12-14-8-7-9-15(10-14)19-5/h7-10,13,16-17H,6,11-12H2,1-5H3. The van der Waals surface area contributed by atoms with Crippen LogP contribution in [0.3, 0.4) is 0 Å². The molecule has 1 aromatic carbocycles. The van der Waals surface area contributed by atoms with Gasteiger partial charge >= 0.3 is 0 Å². The van der Waals surface area contributed by atoms with Gasteiger partial charge in [0.2, 0.25) is 0 Å². The summed E-state index contributed by atoms with van der Waals surface area (Å²) in [7, 11) is 3.91. The van der Waals surface area contributed by atoms with E-state index in [4.69, 9.17) is 4.74 Å². The van der Waals surface area contributed by atoms with Crippen LogP contribution in [0.1, 0.15) is 26.3 Å². The molecule has 0 saturated heterocycles. The van der Waals surface area contributed by atoms with Gasteiger partial charge in [-0.1, -0.05) is 32.9 Å². The quantitative estimate of drug-likeness (QED) is 0.781. The third-order valence-electron chi connectivity index (χ3n) is 3.51. The van der Waals surface area contributed by atoms with Crippen LogP contribution in [-0.4, -0.2) is 38.2 Å². The van der Waals surface area contributed by atoms with E-state index in [1.165, 1.54) is 5.56 Å². The highest BCUT2D eigenvalue weighted by atomic mass is 16.5. The highest BCUT2D eigenvalue weighted by Gasteiger charge is 2.18. The van der Waals surface area contributed by atoms with Gasteiger partial charge in [0.15, 0.2) is 0 Å². The first-order valence-electron chi connectivity index (χ1n) is 7.12. The Balaban J connectivity index is 2.66. The molecule has 1 atom stereocenters. The topological polar surface area (TPSA) is 24.5 Å². The molecule has 1 rings (SSSR count). The first-order chi connectivity index (χ1) is 9.08. The number of nitrogens with one attached hydrogen (secondary N) is 1.